The molecule has 0 aromatic heterocycles. The van der Waals surface area contributed by atoms with Crippen LogP contribution >= 0.6 is 0 Å². The Hall–Kier alpha value is -0.830. The van der Waals surface area contributed by atoms with Crippen molar-refractivity contribution in [1.82, 2.24) is 5.32 Å². The number of nitrogens with one attached hydrogen (secondary N) is 1. The zero-order chi connectivity index (χ0) is 10.8. The molecule has 3 nitrogen and oxygen atoms in total. The first-order chi connectivity index (χ1) is 7.15. The SMILES string of the molecule is CC1C=C(CC2CNCC2C)N=C(N)C1. The van der Waals surface area contributed by atoms with Crippen LogP contribution in [0.4, 0.5) is 0 Å². The van der Waals surface area contributed by atoms with Crippen LogP contribution in [0.5, 0.6) is 0 Å². The lowest BCUT2D eigenvalue weighted by Gasteiger charge is -2.19. The highest BCUT2D eigenvalue weighted by Crippen LogP contribution is 2.27. The van der Waals surface area contributed by atoms with Crippen LogP contribution in [0.2, 0.25) is 0 Å². The van der Waals surface area contributed by atoms with Crippen molar-refractivity contribution in [3.05, 3.63) is 11.8 Å². The number of amidine groups is 1. The highest BCUT2D eigenvalue weighted by molar-refractivity contribution is 5.82. The first kappa shape index (κ1) is 10.7. The predicted molar refractivity (Wildman–Crippen MR) is 63.6 cm³/mol. The molecule has 0 radical (unpaired) electrons. The normalized spacial score (nSPS) is 36.3. The second kappa shape index (κ2) is 4.35. The van der Waals surface area contributed by atoms with E-state index < -0.39 is 0 Å². The molecule has 3 heteroatoms. The Morgan fingerprint density at radius 1 is 1.47 bits per heavy atom. The molecule has 1 saturated heterocycles. The summed E-state index contributed by atoms with van der Waals surface area (Å²) in [4.78, 5) is 4.46. The standard InChI is InChI=1S/C12H21N3/c1-8-3-11(15-12(13)4-8)5-10-7-14-6-9(10)2/h3,8-10,14H,4-7H2,1-2H3,(H2,13,15). The lowest BCUT2D eigenvalue weighted by atomic mass is 9.91. The van der Waals surface area contributed by atoms with Crippen LogP contribution in [0.15, 0.2) is 16.8 Å². The molecule has 0 bridgehead atoms. The maximum Gasteiger partial charge on any atom is 0.0998 e. The van der Waals surface area contributed by atoms with Crippen molar-refractivity contribution in [2.45, 2.75) is 26.7 Å². The minimum absolute atomic E-state index is 0.558. The monoisotopic (exact) mass is 207 g/mol. The number of hydrogen-bond donors (Lipinski definition) is 2. The van der Waals surface area contributed by atoms with Crippen LogP contribution in [-0.2, 0) is 0 Å². The van der Waals surface area contributed by atoms with E-state index in [-0.39, 0.29) is 0 Å². The van der Waals surface area contributed by atoms with Gasteiger partial charge in [-0.3, -0.25) is 0 Å². The van der Waals surface area contributed by atoms with E-state index in [1.54, 1.807) is 0 Å². The van der Waals surface area contributed by atoms with E-state index in [4.69, 9.17) is 5.73 Å². The van der Waals surface area contributed by atoms with Gasteiger partial charge < -0.3 is 11.1 Å². The summed E-state index contributed by atoms with van der Waals surface area (Å²) in [6, 6.07) is 0. The molecule has 3 unspecified atom stereocenters. The molecule has 1 fully saturated rings. The Kier molecular flexibility index (Phi) is 3.10. The van der Waals surface area contributed by atoms with Crippen LogP contribution < -0.4 is 11.1 Å². The number of aliphatic imine (C=N–C) groups is 1. The molecule has 2 aliphatic heterocycles. The van der Waals surface area contributed by atoms with Gasteiger partial charge in [0.1, 0.15) is 0 Å². The summed E-state index contributed by atoms with van der Waals surface area (Å²) in [6.45, 7) is 6.79. The van der Waals surface area contributed by atoms with Crippen molar-refractivity contribution in [3.8, 4) is 0 Å². The Balaban J connectivity index is 1.99. The minimum Gasteiger partial charge on any atom is -0.387 e. The minimum atomic E-state index is 0.558. The van der Waals surface area contributed by atoms with E-state index in [2.05, 4.69) is 30.2 Å². The van der Waals surface area contributed by atoms with Crippen LogP contribution in [0.3, 0.4) is 0 Å². The van der Waals surface area contributed by atoms with Crippen LogP contribution in [-0.4, -0.2) is 18.9 Å². The summed E-state index contributed by atoms with van der Waals surface area (Å²) in [5.41, 5.74) is 7.02. The summed E-state index contributed by atoms with van der Waals surface area (Å²) in [7, 11) is 0. The molecule has 3 N–H and O–H groups in total. The van der Waals surface area contributed by atoms with Gasteiger partial charge >= 0.3 is 0 Å². The highest BCUT2D eigenvalue weighted by Gasteiger charge is 2.24. The fourth-order valence-electron chi connectivity index (χ4n) is 2.50. The van der Waals surface area contributed by atoms with Gasteiger partial charge in [0.2, 0.25) is 0 Å². The van der Waals surface area contributed by atoms with Crippen molar-refractivity contribution in [2.24, 2.45) is 28.5 Å². The van der Waals surface area contributed by atoms with Gasteiger partial charge in [-0.2, -0.15) is 0 Å². The molecule has 0 aromatic carbocycles. The predicted octanol–water partition coefficient (Wildman–Crippen LogP) is 1.51. The molecule has 2 aliphatic rings. The van der Waals surface area contributed by atoms with Crippen molar-refractivity contribution >= 4 is 5.84 Å². The summed E-state index contributed by atoms with van der Waals surface area (Å²) in [5.74, 6) is 2.86. The Bertz CT molecular complexity index is 293. The van der Waals surface area contributed by atoms with Gasteiger partial charge in [-0.1, -0.05) is 19.9 Å². The van der Waals surface area contributed by atoms with Crippen molar-refractivity contribution in [1.29, 1.82) is 0 Å². The topological polar surface area (TPSA) is 50.4 Å². The van der Waals surface area contributed by atoms with Gasteiger partial charge in [0.15, 0.2) is 0 Å². The summed E-state index contributed by atoms with van der Waals surface area (Å²) >= 11 is 0. The molecule has 15 heavy (non-hydrogen) atoms. The molecule has 0 spiro atoms. The summed E-state index contributed by atoms with van der Waals surface area (Å²) in [5, 5.41) is 3.43. The second-order valence-corrected chi connectivity index (χ2v) is 5.04. The average molecular weight is 207 g/mol. The molecule has 84 valence electrons. The second-order valence-electron chi connectivity index (χ2n) is 5.04. The van der Waals surface area contributed by atoms with Gasteiger partial charge in [0, 0.05) is 12.1 Å². The largest absolute Gasteiger partial charge is 0.387 e. The number of allylic oxidation sites excluding steroid dienone is 2. The smallest absolute Gasteiger partial charge is 0.0998 e. The molecular weight excluding hydrogens is 186 g/mol. The van der Waals surface area contributed by atoms with E-state index in [1.165, 1.54) is 5.70 Å². The fraction of sp³-hybridized carbons (Fsp3) is 0.750. The van der Waals surface area contributed by atoms with Gasteiger partial charge in [-0.25, -0.2) is 4.99 Å². The van der Waals surface area contributed by atoms with Gasteiger partial charge in [-0.05, 0) is 37.3 Å². The molecule has 3 atom stereocenters. The van der Waals surface area contributed by atoms with E-state index >= 15 is 0 Å². The van der Waals surface area contributed by atoms with E-state index in [0.29, 0.717) is 5.92 Å². The van der Waals surface area contributed by atoms with Crippen molar-refractivity contribution < 1.29 is 0 Å². The maximum absolute atomic E-state index is 5.82. The third-order valence-corrected chi connectivity index (χ3v) is 3.44. The Morgan fingerprint density at radius 2 is 2.27 bits per heavy atom. The van der Waals surface area contributed by atoms with Gasteiger partial charge in [0.05, 0.1) is 5.84 Å². The third kappa shape index (κ3) is 2.59. The number of nitrogens with zero attached hydrogens (tertiary/aromatic N) is 1. The molecular formula is C12H21N3. The zero-order valence-electron chi connectivity index (χ0n) is 9.66. The van der Waals surface area contributed by atoms with Crippen LogP contribution in [0, 0.1) is 17.8 Å². The van der Waals surface area contributed by atoms with Gasteiger partial charge in [0.25, 0.3) is 0 Å². The van der Waals surface area contributed by atoms with Crippen molar-refractivity contribution in [3.63, 3.8) is 0 Å². The summed E-state index contributed by atoms with van der Waals surface area (Å²) in [6.07, 6.45) is 4.28. The molecule has 2 rings (SSSR count). The van der Waals surface area contributed by atoms with Crippen LogP contribution in [0.25, 0.3) is 0 Å². The van der Waals surface area contributed by atoms with E-state index in [1.807, 2.05) is 0 Å². The lowest BCUT2D eigenvalue weighted by molar-refractivity contribution is 0.445. The third-order valence-electron chi connectivity index (χ3n) is 3.44. The fourth-order valence-corrected chi connectivity index (χ4v) is 2.50. The van der Waals surface area contributed by atoms with Gasteiger partial charge in [-0.15, -0.1) is 0 Å². The zero-order valence-corrected chi connectivity index (χ0v) is 9.66. The summed E-state index contributed by atoms with van der Waals surface area (Å²) < 4.78 is 0. The number of hydrogen-bond acceptors (Lipinski definition) is 3. The molecule has 0 aliphatic carbocycles. The van der Waals surface area contributed by atoms with E-state index in [0.717, 1.165) is 43.6 Å². The molecule has 0 aromatic rings. The van der Waals surface area contributed by atoms with Crippen LogP contribution in [0.1, 0.15) is 26.7 Å². The first-order valence-electron chi connectivity index (χ1n) is 5.89. The number of nitrogens with two attached hydrogens (primary N) is 1. The maximum atomic E-state index is 5.82. The van der Waals surface area contributed by atoms with E-state index in [9.17, 15) is 0 Å². The molecule has 0 amide bonds. The first-order valence-corrected chi connectivity index (χ1v) is 5.89. The quantitative estimate of drug-likeness (QED) is 0.721. The lowest BCUT2D eigenvalue weighted by Crippen LogP contribution is -2.20. The van der Waals surface area contributed by atoms with Crippen molar-refractivity contribution in [2.75, 3.05) is 13.1 Å². The highest BCUT2D eigenvalue weighted by atomic mass is 14.9. The Morgan fingerprint density at radius 3 is 2.87 bits per heavy atom. The average Bonchev–Trinajstić information content (AvgIpc) is 2.50. The Labute approximate surface area is 91.8 Å². The molecule has 2 heterocycles. The number of rotatable bonds is 2. The molecule has 0 saturated carbocycles.